The standard InChI is InChI=1S/C18H23ClN2O2/c1-6-7-21-10-14-8-13(4)16(19)20-15(14)18(11-21,9-12(2)3)17(22)23-5/h6,8H,1-2,7,9-11H2,3-5H3. The molecule has 4 nitrogen and oxygen atoms in total. The number of carbonyl (C=O) groups excluding carboxylic acids is 1. The van der Waals surface area contributed by atoms with E-state index in [0.29, 0.717) is 36.9 Å². The summed E-state index contributed by atoms with van der Waals surface area (Å²) in [4.78, 5) is 19.5. The quantitative estimate of drug-likeness (QED) is 0.470. The third-order valence-corrected chi connectivity index (χ3v) is 4.52. The first kappa shape index (κ1) is 17.7. The summed E-state index contributed by atoms with van der Waals surface area (Å²) in [6.45, 7) is 13.5. The van der Waals surface area contributed by atoms with Crippen molar-refractivity contribution in [3.05, 3.63) is 52.8 Å². The van der Waals surface area contributed by atoms with Crippen LogP contribution in [0.4, 0.5) is 0 Å². The molecule has 0 spiro atoms. The number of hydrogen-bond donors (Lipinski definition) is 0. The molecule has 1 atom stereocenters. The van der Waals surface area contributed by atoms with E-state index < -0.39 is 5.41 Å². The van der Waals surface area contributed by atoms with Crippen LogP contribution in [0.15, 0.2) is 30.9 Å². The number of methoxy groups -OCH3 is 1. The summed E-state index contributed by atoms with van der Waals surface area (Å²) in [6, 6.07) is 2.01. The van der Waals surface area contributed by atoms with Crippen molar-refractivity contribution in [1.82, 2.24) is 9.88 Å². The summed E-state index contributed by atoms with van der Waals surface area (Å²) in [6.07, 6.45) is 2.32. The van der Waals surface area contributed by atoms with Gasteiger partial charge in [-0.05, 0) is 37.5 Å². The topological polar surface area (TPSA) is 42.4 Å². The number of hydrogen-bond acceptors (Lipinski definition) is 4. The van der Waals surface area contributed by atoms with Crippen LogP contribution in [0.25, 0.3) is 0 Å². The molecule has 1 aliphatic rings. The Bertz CT molecular complexity index is 657. The van der Waals surface area contributed by atoms with Gasteiger partial charge in [-0.15, -0.1) is 13.2 Å². The van der Waals surface area contributed by atoms with Crippen LogP contribution >= 0.6 is 11.6 Å². The van der Waals surface area contributed by atoms with Gasteiger partial charge in [0.15, 0.2) is 0 Å². The molecule has 1 aromatic rings. The van der Waals surface area contributed by atoms with Gasteiger partial charge in [-0.25, -0.2) is 4.98 Å². The van der Waals surface area contributed by atoms with Crippen molar-refractivity contribution in [2.45, 2.75) is 32.2 Å². The molecule has 23 heavy (non-hydrogen) atoms. The zero-order valence-corrected chi connectivity index (χ0v) is 14.7. The lowest BCUT2D eigenvalue weighted by atomic mass is 9.74. The molecule has 0 bridgehead atoms. The Morgan fingerprint density at radius 1 is 1.61 bits per heavy atom. The van der Waals surface area contributed by atoms with Gasteiger partial charge in [-0.3, -0.25) is 9.69 Å². The lowest BCUT2D eigenvalue weighted by Crippen LogP contribution is -2.52. The smallest absolute Gasteiger partial charge is 0.319 e. The second-order valence-electron chi connectivity index (χ2n) is 6.27. The lowest BCUT2D eigenvalue weighted by molar-refractivity contribution is -0.149. The number of esters is 1. The monoisotopic (exact) mass is 334 g/mol. The number of pyridine rings is 1. The number of carbonyl (C=O) groups is 1. The predicted octanol–water partition coefficient (Wildman–Crippen LogP) is 3.42. The highest BCUT2D eigenvalue weighted by Gasteiger charge is 2.48. The van der Waals surface area contributed by atoms with Crippen molar-refractivity contribution >= 4 is 17.6 Å². The van der Waals surface area contributed by atoms with Crippen molar-refractivity contribution in [3.8, 4) is 0 Å². The molecule has 0 saturated heterocycles. The first-order valence-corrected chi connectivity index (χ1v) is 7.94. The van der Waals surface area contributed by atoms with E-state index in [1.54, 1.807) is 0 Å². The molecular weight excluding hydrogens is 312 g/mol. The number of aryl methyl sites for hydroxylation is 1. The summed E-state index contributed by atoms with van der Waals surface area (Å²) in [5.74, 6) is -0.303. The molecule has 0 N–H and O–H groups in total. The normalized spacial score (nSPS) is 20.7. The Labute approximate surface area is 142 Å². The predicted molar refractivity (Wildman–Crippen MR) is 92.6 cm³/mol. The number of halogens is 1. The number of rotatable bonds is 5. The van der Waals surface area contributed by atoms with Crippen LogP contribution in [0.5, 0.6) is 0 Å². The third kappa shape index (κ3) is 3.33. The highest BCUT2D eigenvalue weighted by atomic mass is 35.5. The minimum atomic E-state index is -0.880. The molecule has 1 unspecified atom stereocenters. The maximum atomic E-state index is 12.7. The number of ether oxygens (including phenoxy) is 1. The summed E-state index contributed by atoms with van der Waals surface area (Å²) in [7, 11) is 1.41. The molecule has 0 fully saturated rings. The molecule has 0 amide bonds. The van der Waals surface area contributed by atoms with Crippen molar-refractivity contribution in [2.24, 2.45) is 0 Å². The fourth-order valence-electron chi connectivity index (χ4n) is 3.33. The van der Waals surface area contributed by atoms with E-state index in [-0.39, 0.29) is 5.97 Å². The van der Waals surface area contributed by atoms with Crippen LogP contribution in [0.1, 0.15) is 30.2 Å². The largest absolute Gasteiger partial charge is 0.468 e. The lowest BCUT2D eigenvalue weighted by Gasteiger charge is -2.41. The van der Waals surface area contributed by atoms with Crippen LogP contribution in [0, 0.1) is 6.92 Å². The number of fused-ring (bicyclic) bond motifs is 1. The highest BCUT2D eigenvalue weighted by Crippen LogP contribution is 2.39. The minimum Gasteiger partial charge on any atom is -0.468 e. The Morgan fingerprint density at radius 2 is 2.30 bits per heavy atom. The Balaban J connectivity index is 2.67. The molecule has 2 rings (SSSR count). The van der Waals surface area contributed by atoms with Gasteiger partial charge in [0.05, 0.1) is 12.8 Å². The summed E-state index contributed by atoms with van der Waals surface area (Å²) >= 11 is 6.24. The third-order valence-electron chi connectivity index (χ3n) is 4.14. The Kier molecular flexibility index (Phi) is 5.27. The maximum absolute atomic E-state index is 12.7. The molecule has 5 heteroatoms. The fourth-order valence-corrected chi connectivity index (χ4v) is 3.47. The Morgan fingerprint density at radius 3 is 2.87 bits per heavy atom. The van der Waals surface area contributed by atoms with E-state index in [2.05, 4.69) is 23.0 Å². The van der Waals surface area contributed by atoms with Crippen molar-refractivity contribution in [2.75, 3.05) is 20.2 Å². The highest BCUT2D eigenvalue weighted by molar-refractivity contribution is 6.30. The van der Waals surface area contributed by atoms with E-state index in [1.165, 1.54) is 7.11 Å². The van der Waals surface area contributed by atoms with Gasteiger partial charge in [0.1, 0.15) is 10.6 Å². The van der Waals surface area contributed by atoms with Crippen LogP contribution < -0.4 is 0 Å². The van der Waals surface area contributed by atoms with Crippen LogP contribution in [-0.4, -0.2) is 36.1 Å². The molecule has 0 aliphatic carbocycles. The second kappa shape index (κ2) is 6.85. The maximum Gasteiger partial charge on any atom is 0.319 e. The second-order valence-corrected chi connectivity index (χ2v) is 6.63. The molecule has 1 aliphatic heterocycles. The van der Waals surface area contributed by atoms with Crippen molar-refractivity contribution in [3.63, 3.8) is 0 Å². The van der Waals surface area contributed by atoms with E-state index >= 15 is 0 Å². The van der Waals surface area contributed by atoms with E-state index in [4.69, 9.17) is 16.3 Å². The van der Waals surface area contributed by atoms with Gasteiger partial charge < -0.3 is 4.74 Å². The average molecular weight is 335 g/mol. The summed E-state index contributed by atoms with van der Waals surface area (Å²) in [5, 5.41) is 0.427. The first-order chi connectivity index (χ1) is 10.8. The van der Waals surface area contributed by atoms with Crippen LogP contribution in [0.3, 0.4) is 0 Å². The van der Waals surface area contributed by atoms with Gasteiger partial charge >= 0.3 is 5.97 Å². The van der Waals surface area contributed by atoms with E-state index in [0.717, 1.165) is 16.7 Å². The Hall–Kier alpha value is -1.65. The molecule has 1 aromatic heterocycles. The van der Waals surface area contributed by atoms with Crippen molar-refractivity contribution < 1.29 is 9.53 Å². The van der Waals surface area contributed by atoms with Gasteiger partial charge in [0.25, 0.3) is 0 Å². The molecule has 2 heterocycles. The van der Waals surface area contributed by atoms with Gasteiger partial charge in [-0.1, -0.05) is 23.3 Å². The van der Waals surface area contributed by atoms with Gasteiger partial charge in [0, 0.05) is 19.6 Å². The number of allylic oxidation sites excluding steroid dienone is 1. The zero-order valence-electron chi connectivity index (χ0n) is 14.0. The van der Waals surface area contributed by atoms with E-state index in [1.807, 2.05) is 26.0 Å². The van der Waals surface area contributed by atoms with Crippen LogP contribution in [0.2, 0.25) is 5.15 Å². The molecular formula is C18H23ClN2O2. The molecule has 124 valence electrons. The molecule has 0 radical (unpaired) electrons. The summed E-state index contributed by atoms with van der Waals surface area (Å²) in [5.41, 5.74) is 2.64. The minimum absolute atomic E-state index is 0.303. The first-order valence-electron chi connectivity index (χ1n) is 7.56. The molecule has 0 saturated carbocycles. The number of nitrogens with zero attached hydrogens (tertiary/aromatic N) is 2. The van der Waals surface area contributed by atoms with Gasteiger partial charge in [-0.2, -0.15) is 0 Å². The average Bonchev–Trinajstić information content (AvgIpc) is 2.48. The molecule has 0 aromatic carbocycles. The van der Waals surface area contributed by atoms with Crippen LogP contribution in [-0.2, 0) is 21.5 Å². The van der Waals surface area contributed by atoms with Crippen molar-refractivity contribution in [1.29, 1.82) is 0 Å². The SMILES string of the molecule is C=CCN1Cc2cc(C)c(Cl)nc2C(CC(=C)C)(C(=O)OC)C1. The fraction of sp³-hybridized carbons (Fsp3) is 0.444. The van der Waals surface area contributed by atoms with Gasteiger partial charge in [0.2, 0.25) is 0 Å². The van der Waals surface area contributed by atoms with E-state index in [9.17, 15) is 4.79 Å². The summed E-state index contributed by atoms with van der Waals surface area (Å²) < 4.78 is 5.13. The number of aromatic nitrogens is 1. The zero-order chi connectivity index (χ0) is 17.2.